The van der Waals surface area contributed by atoms with Crippen LogP contribution in [0.3, 0.4) is 0 Å². The molecule has 3 rings (SSSR count). The molecule has 2 aromatic carbocycles. The Kier molecular flexibility index (Phi) is 8.54. The molecule has 2 unspecified atom stereocenters. The Hall–Kier alpha value is -3.35. The van der Waals surface area contributed by atoms with E-state index in [-0.39, 0.29) is 36.8 Å². The van der Waals surface area contributed by atoms with Crippen molar-refractivity contribution < 1.29 is 24.2 Å². The summed E-state index contributed by atoms with van der Waals surface area (Å²) in [5.74, 6) is -1.90. The molecule has 0 saturated carbocycles. The van der Waals surface area contributed by atoms with Gasteiger partial charge in [0.25, 0.3) is 0 Å². The number of rotatable bonds is 10. The monoisotopic (exact) mass is 480 g/mol. The summed E-state index contributed by atoms with van der Waals surface area (Å²) in [7, 11) is 0. The van der Waals surface area contributed by atoms with Crippen LogP contribution < -0.4 is 10.6 Å². The van der Waals surface area contributed by atoms with Crippen molar-refractivity contribution in [3.8, 4) is 11.1 Å². The lowest BCUT2D eigenvalue weighted by Crippen LogP contribution is -2.42. The van der Waals surface area contributed by atoms with E-state index < -0.39 is 24.0 Å². The standard InChI is InChI=1S/C28H36N2O5/c1-5-18(26(32)33)16-29-25(31)14-19(15-28(2,3)4)30-27(34)35-17-24-22-12-8-6-10-20(22)21-11-7-9-13-23(21)24/h6-13,18-19,24H,5,14-17H2,1-4H3,(H,29,31)(H,30,34)(H,32,33). The first-order valence-electron chi connectivity index (χ1n) is 12.2. The maximum absolute atomic E-state index is 12.8. The lowest BCUT2D eigenvalue weighted by atomic mass is 9.87. The van der Waals surface area contributed by atoms with Gasteiger partial charge in [0.15, 0.2) is 0 Å². The molecule has 3 N–H and O–H groups in total. The molecule has 35 heavy (non-hydrogen) atoms. The third-order valence-corrected chi connectivity index (χ3v) is 6.34. The van der Waals surface area contributed by atoms with Crippen molar-refractivity contribution >= 4 is 18.0 Å². The van der Waals surface area contributed by atoms with E-state index in [1.54, 1.807) is 6.92 Å². The topological polar surface area (TPSA) is 105 Å². The lowest BCUT2D eigenvalue weighted by molar-refractivity contribution is -0.141. The molecule has 0 aliphatic heterocycles. The fourth-order valence-electron chi connectivity index (χ4n) is 4.66. The van der Waals surface area contributed by atoms with Gasteiger partial charge >= 0.3 is 12.1 Å². The summed E-state index contributed by atoms with van der Waals surface area (Å²) < 4.78 is 5.65. The highest BCUT2D eigenvalue weighted by atomic mass is 16.5. The number of carbonyl (C=O) groups excluding carboxylic acids is 2. The highest BCUT2D eigenvalue weighted by Crippen LogP contribution is 2.44. The van der Waals surface area contributed by atoms with Crippen LogP contribution in [0.2, 0.25) is 0 Å². The largest absolute Gasteiger partial charge is 0.481 e. The first-order chi connectivity index (χ1) is 16.6. The highest BCUT2D eigenvalue weighted by molar-refractivity contribution is 5.80. The van der Waals surface area contributed by atoms with Gasteiger partial charge in [0.1, 0.15) is 6.61 Å². The molecule has 1 aliphatic carbocycles. The van der Waals surface area contributed by atoms with Crippen LogP contribution in [-0.4, -0.2) is 42.3 Å². The minimum atomic E-state index is -0.934. The van der Waals surface area contributed by atoms with Crippen molar-refractivity contribution in [1.29, 1.82) is 0 Å². The van der Waals surface area contributed by atoms with E-state index in [9.17, 15) is 19.5 Å². The van der Waals surface area contributed by atoms with Gasteiger partial charge in [0, 0.05) is 24.9 Å². The number of amides is 2. The van der Waals surface area contributed by atoms with E-state index in [0.29, 0.717) is 12.8 Å². The molecule has 7 nitrogen and oxygen atoms in total. The quantitative estimate of drug-likeness (QED) is 0.446. The molecule has 7 heteroatoms. The summed E-state index contributed by atoms with van der Waals surface area (Å²) in [6.45, 7) is 8.15. The lowest BCUT2D eigenvalue weighted by Gasteiger charge is -2.26. The highest BCUT2D eigenvalue weighted by Gasteiger charge is 2.30. The van der Waals surface area contributed by atoms with Crippen molar-refractivity contribution in [1.82, 2.24) is 10.6 Å². The molecule has 1 aliphatic rings. The van der Waals surface area contributed by atoms with E-state index in [1.807, 2.05) is 45.0 Å². The van der Waals surface area contributed by atoms with Gasteiger partial charge in [-0.1, -0.05) is 76.2 Å². The Bertz CT molecular complexity index is 1010. The van der Waals surface area contributed by atoms with Crippen LogP contribution in [0.25, 0.3) is 11.1 Å². The van der Waals surface area contributed by atoms with E-state index in [0.717, 1.165) is 22.3 Å². The molecule has 0 heterocycles. The Morgan fingerprint density at radius 3 is 2.09 bits per heavy atom. The Morgan fingerprint density at radius 2 is 1.57 bits per heavy atom. The van der Waals surface area contributed by atoms with Gasteiger partial charge in [-0.15, -0.1) is 0 Å². The number of hydrogen-bond donors (Lipinski definition) is 3. The van der Waals surface area contributed by atoms with Gasteiger partial charge in [-0.2, -0.15) is 0 Å². The maximum atomic E-state index is 12.8. The van der Waals surface area contributed by atoms with Crippen molar-refractivity contribution in [2.75, 3.05) is 13.2 Å². The third-order valence-electron chi connectivity index (χ3n) is 6.34. The number of aliphatic carboxylic acids is 1. The summed E-state index contributed by atoms with van der Waals surface area (Å²) in [6.07, 6.45) is 0.489. The Labute approximate surface area is 207 Å². The third kappa shape index (κ3) is 7.07. The fraction of sp³-hybridized carbons (Fsp3) is 0.464. The molecule has 0 aromatic heterocycles. The van der Waals surface area contributed by atoms with Crippen molar-refractivity contribution in [3.63, 3.8) is 0 Å². The van der Waals surface area contributed by atoms with Gasteiger partial charge in [-0.3, -0.25) is 9.59 Å². The molecule has 2 amide bonds. The van der Waals surface area contributed by atoms with Crippen LogP contribution in [0.15, 0.2) is 48.5 Å². The van der Waals surface area contributed by atoms with E-state index in [2.05, 4.69) is 34.9 Å². The SMILES string of the molecule is CCC(CNC(=O)CC(CC(C)(C)C)NC(=O)OCC1c2ccccc2-c2ccccc21)C(=O)O. The second-order valence-electron chi connectivity index (χ2n) is 10.4. The smallest absolute Gasteiger partial charge is 0.407 e. The molecular formula is C28H36N2O5. The second-order valence-corrected chi connectivity index (χ2v) is 10.4. The molecule has 188 valence electrons. The zero-order chi connectivity index (χ0) is 25.6. The summed E-state index contributed by atoms with van der Waals surface area (Å²) in [5, 5.41) is 14.7. The van der Waals surface area contributed by atoms with Crippen LogP contribution in [-0.2, 0) is 14.3 Å². The van der Waals surface area contributed by atoms with Gasteiger partial charge in [-0.25, -0.2) is 4.79 Å². The van der Waals surface area contributed by atoms with Gasteiger partial charge < -0.3 is 20.5 Å². The van der Waals surface area contributed by atoms with Gasteiger partial charge in [0.05, 0.1) is 5.92 Å². The van der Waals surface area contributed by atoms with Crippen LogP contribution >= 0.6 is 0 Å². The van der Waals surface area contributed by atoms with E-state index in [4.69, 9.17) is 4.74 Å². The minimum absolute atomic E-state index is 0.0421. The van der Waals surface area contributed by atoms with E-state index >= 15 is 0 Å². The summed E-state index contributed by atoms with van der Waals surface area (Å²) >= 11 is 0. The molecule has 0 saturated heterocycles. The van der Waals surface area contributed by atoms with Crippen LogP contribution in [0.1, 0.15) is 64.0 Å². The number of carboxylic acids is 1. The van der Waals surface area contributed by atoms with Gasteiger partial charge in [-0.05, 0) is 40.5 Å². The van der Waals surface area contributed by atoms with Crippen LogP contribution in [0.5, 0.6) is 0 Å². The number of nitrogens with one attached hydrogen (secondary N) is 2. The second kappa shape index (κ2) is 11.4. The first-order valence-corrected chi connectivity index (χ1v) is 12.2. The number of fused-ring (bicyclic) bond motifs is 3. The molecule has 2 atom stereocenters. The summed E-state index contributed by atoms with van der Waals surface area (Å²) in [5.41, 5.74) is 4.46. The molecular weight excluding hydrogens is 444 g/mol. The molecule has 0 radical (unpaired) electrons. The normalized spacial score (nSPS) is 14.4. The van der Waals surface area contributed by atoms with Crippen LogP contribution in [0, 0.1) is 11.3 Å². The predicted octanol–water partition coefficient (Wildman–Crippen LogP) is 4.95. The molecule has 0 fully saturated rings. The number of alkyl carbamates (subject to hydrolysis) is 1. The number of ether oxygens (including phenoxy) is 1. The number of carbonyl (C=O) groups is 3. The zero-order valence-electron chi connectivity index (χ0n) is 21.0. The molecule has 0 spiro atoms. The number of hydrogen-bond acceptors (Lipinski definition) is 4. The number of benzene rings is 2. The zero-order valence-corrected chi connectivity index (χ0v) is 21.0. The Balaban J connectivity index is 1.61. The van der Waals surface area contributed by atoms with E-state index in [1.165, 1.54) is 0 Å². The molecule has 2 aromatic rings. The molecule has 0 bridgehead atoms. The maximum Gasteiger partial charge on any atom is 0.407 e. The van der Waals surface area contributed by atoms with Crippen LogP contribution in [0.4, 0.5) is 4.79 Å². The van der Waals surface area contributed by atoms with Crippen molar-refractivity contribution in [2.45, 2.75) is 58.9 Å². The predicted molar refractivity (Wildman–Crippen MR) is 135 cm³/mol. The average molecular weight is 481 g/mol. The summed E-state index contributed by atoms with van der Waals surface area (Å²) in [4.78, 5) is 36.5. The number of carboxylic acid groups (broad SMARTS) is 1. The van der Waals surface area contributed by atoms with Gasteiger partial charge in [0.2, 0.25) is 5.91 Å². The average Bonchev–Trinajstić information content (AvgIpc) is 3.10. The summed E-state index contributed by atoms with van der Waals surface area (Å²) in [6, 6.07) is 15.9. The van der Waals surface area contributed by atoms with Crippen molar-refractivity contribution in [3.05, 3.63) is 59.7 Å². The fourth-order valence-corrected chi connectivity index (χ4v) is 4.66. The first kappa shape index (κ1) is 26.3. The van der Waals surface area contributed by atoms with Crippen molar-refractivity contribution in [2.24, 2.45) is 11.3 Å². The Morgan fingerprint density at radius 1 is 1.00 bits per heavy atom. The minimum Gasteiger partial charge on any atom is -0.481 e.